The summed E-state index contributed by atoms with van der Waals surface area (Å²) in [6.45, 7) is 3.36. The predicted octanol–water partition coefficient (Wildman–Crippen LogP) is 10.5. The van der Waals surface area contributed by atoms with Gasteiger partial charge in [0.25, 0.3) is 0 Å². The highest BCUT2D eigenvalue weighted by molar-refractivity contribution is 5.45. The maximum Gasteiger partial charge on any atom is 0.142 e. The number of allylic oxidation sites excluding steroid dienone is 4. The van der Waals surface area contributed by atoms with Crippen molar-refractivity contribution in [1.29, 1.82) is 0 Å². The van der Waals surface area contributed by atoms with Crippen LogP contribution in [0.25, 0.3) is 0 Å². The molecule has 0 N–H and O–H groups in total. The highest BCUT2D eigenvalue weighted by Crippen LogP contribution is 2.21. The minimum atomic E-state index is -0.441. The van der Waals surface area contributed by atoms with Gasteiger partial charge in [0.15, 0.2) is 0 Å². The van der Waals surface area contributed by atoms with Gasteiger partial charge in [0, 0.05) is 23.6 Å². The van der Waals surface area contributed by atoms with E-state index in [0.29, 0.717) is 48.2 Å². The van der Waals surface area contributed by atoms with Crippen molar-refractivity contribution in [1.82, 2.24) is 0 Å². The lowest BCUT2D eigenvalue weighted by molar-refractivity contribution is 0.296. The lowest BCUT2D eigenvalue weighted by Crippen LogP contribution is -2.01. The Kier molecular flexibility index (Phi) is 13.9. The highest BCUT2D eigenvalue weighted by atomic mass is 19.1. The Labute approximate surface area is 270 Å². The monoisotopic (exact) mass is 628 g/mol. The van der Waals surface area contributed by atoms with Gasteiger partial charge in [-0.2, -0.15) is 0 Å². The van der Waals surface area contributed by atoms with Gasteiger partial charge in [-0.3, -0.25) is 0 Å². The van der Waals surface area contributed by atoms with E-state index < -0.39 is 11.6 Å². The molecule has 46 heavy (non-hydrogen) atoms. The molecule has 0 radical (unpaired) electrons. The molecule has 4 rings (SSSR count). The first-order chi connectivity index (χ1) is 22.4. The zero-order valence-electron chi connectivity index (χ0n) is 26.3. The minimum absolute atomic E-state index is 0.106. The number of unbranched alkanes of at least 4 members (excludes halogenated alkanes) is 4. The Balaban J connectivity index is 1.02. The summed E-state index contributed by atoms with van der Waals surface area (Å²) in [6, 6.07) is 15.2. The smallest absolute Gasteiger partial charge is 0.142 e. The molecule has 1 aliphatic carbocycles. The van der Waals surface area contributed by atoms with Crippen molar-refractivity contribution in [3.8, 4) is 35.2 Å². The Hall–Kier alpha value is -4.42. The topological polar surface area (TPSA) is 18.5 Å². The van der Waals surface area contributed by atoms with Gasteiger partial charge in [-0.25, -0.2) is 17.6 Å². The van der Waals surface area contributed by atoms with Gasteiger partial charge in [0.05, 0.1) is 24.3 Å². The van der Waals surface area contributed by atoms with Crippen LogP contribution in [0.2, 0.25) is 0 Å². The molecule has 2 unspecified atom stereocenters. The molecule has 1 aliphatic rings. The van der Waals surface area contributed by atoms with Gasteiger partial charge in [0.2, 0.25) is 0 Å². The zero-order valence-corrected chi connectivity index (χ0v) is 26.3. The third-order valence-corrected chi connectivity index (χ3v) is 7.73. The van der Waals surface area contributed by atoms with Crippen molar-refractivity contribution in [3.63, 3.8) is 0 Å². The van der Waals surface area contributed by atoms with E-state index in [0.717, 1.165) is 51.4 Å². The molecule has 3 aromatic carbocycles. The molecule has 2 nitrogen and oxygen atoms in total. The Morgan fingerprint density at radius 1 is 0.696 bits per heavy atom. The summed E-state index contributed by atoms with van der Waals surface area (Å²) in [7, 11) is 0. The fourth-order valence-corrected chi connectivity index (χ4v) is 4.99. The van der Waals surface area contributed by atoms with Crippen molar-refractivity contribution >= 4 is 0 Å². The Bertz CT molecular complexity index is 1600. The van der Waals surface area contributed by atoms with Gasteiger partial charge in [-0.15, -0.1) is 0 Å². The Morgan fingerprint density at radius 2 is 1.28 bits per heavy atom. The van der Waals surface area contributed by atoms with Crippen LogP contribution in [-0.4, -0.2) is 13.2 Å². The van der Waals surface area contributed by atoms with Crippen LogP contribution in [0, 0.1) is 53.0 Å². The van der Waals surface area contributed by atoms with Crippen LogP contribution >= 0.6 is 0 Å². The number of hydrogen-bond acceptors (Lipinski definition) is 2. The standard InChI is InChI=1S/C40H40F4O2/c1-30(8-4-2-6-26-45-37-24-18-33(39(43)28-37)16-10-31-12-20-35(41)21-13-31)9-5-3-7-27-46-38-25-19-34(40(44)29-38)17-11-32-14-22-36(42)23-15-32/h12-14,18-25,28-30,32H,2-9,15,26-27H2,1H3. The number of rotatable bonds is 14. The summed E-state index contributed by atoms with van der Waals surface area (Å²) in [5, 5.41) is 0. The SMILES string of the molecule is CC(CCCCCOc1ccc(C#Cc2ccc(F)cc2)c(F)c1)CCCCCOc1ccc(C#CC2C=CC(F)=CC2)c(F)c1. The second kappa shape index (κ2) is 18.5. The van der Waals surface area contributed by atoms with Crippen LogP contribution in [0.4, 0.5) is 17.6 Å². The number of ether oxygens (including phenoxy) is 2. The van der Waals surface area contributed by atoms with E-state index in [1.807, 2.05) is 0 Å². The molecular weight excluding hydrogens is 588 g/mol. The maximum atomic E-state index is 14.4. The summed E-state index contributed by atoms with van der Waals surface area (Å²) in [6.07, 6.45) is 13.6. The van der Waals surface area contributed by atoms with Crippen LogP contribution in [0.5, 0.6) is 11.5 Å². The van der Waals surface area contributed by atoms with Crippen molar-refractivity contribution < 1.29 is 27.0 Å². The second-order valence-electron chi connectivity index (χ2n) is 11.6. The van der Waals surface area contributed by atoms with Gasteiger partial charge >= 0.3 is 0 Å². The first-order valence-electron chi connectivity index (χ1n) is 16.0. The van der Waals surface area contributed by atoms with E-state index in [1.165, 1.54) is 36.4 Å². The third-order valence-electron chi connectivity index (χ3n) is 7.73. The molecule has 0 heterocycles. The molecule has 0 fully saturated rings. The average molecular weight is 629 g/mol. The minimum Gasteiger partial charge on any atom is -0.493 e. The van der Waals surface area contributed by atoms with Gasteiger partial charge in [-0.1, -0.05) is 75.2 Å². The summed E-state index contributed by atoms with van der Waals surface area (Å²) >= 11 is 0. The second-order valence-corrected chi connectivity index (χ2v) is 11.6. The van der Waals surface area contributed by atoms with E-state index >= 15 is 0 Å². The summed E-state index contributed by atoms with van der Waals surface area (Å²) in [5.74, 6) is 11.5. The molecule has 0 aliphatic heterocycles. The van der Waals surface area contributed by atoms with Gasteiger partial charge in [0.1, 0.15) is 34.8 Å². The molecule has 0 aromatic heterocycles. The summed E-state index contributed by atoms with van der Waals surface area (Å²) in [4.78, 5) is 0. The van der Waals surface area contributed by atoms with Crippen molar-refractivity contribution in [2.45, 2.75) is 64.7 Å². The van der Waals surface area contributed by atoms with Crippen LogP contribution in [0.15, 0.2) is 84.7 Å². The fraction of sp³-hybridized carbons (Fsp3) is 0.350. The molecule has 0 amide bonds. The van der Waals surface area contributed by atoms with Crippen LogP contribution < -0.4 is 9.47 Å². The lowest BCUT2D eigenvalue weighted by Gasteiger charge is -2.12. The van der Waals surface area contributed by atoms with Crippen molar-refractivity contribution in [2.24, 2.45) is 11.8 Å². The summed E-state index contributed by atoms with van der Waals surface area (Å²) in [5.41, 5.74) is 1.20. The first kappa shape index (κ1) is 34.5. The normalized spacial score (nSPS) is 14.4. The molecule has 0 saturated heterocycles. The molecule has 0 spiro atoms. The molecule has 6 heteroatoms. The molecule has 3 aromatic rings. The van der Waals surface area contributed by atoms with E-state index in [4.69, 9.17) is 9.47 Å². The summed E-state index contributed by atoms with van der Waals surface area (Å²) < 4.78 is 66.4. The molecule has 0 saturated carbocycles. The van der Waals surface area contributed by atoms with E-state index in [1.54, 1.807) is 42.5 Å². The predicted molar refractivity (Wildman–Crippen MR) is 176 cm³/mol. The fourth-order valence-electron chi connectivity index (χ4n) is 4.99. The van der Waals surface area contributed by atoms with Gasteiger partial charge in [-0.05, 0) is 85.9 Å². The van der Waals surface area contributed by atoms with Crippen molar-refractivity contribution in [2.75, 3.05) is 13.2 Å². The van der Waals surface area contributed by atoms with E-state index in [-0.39, 0.29) is 23.1 Å². The van der Waals surface area contributed by atoms with E-state index in [2.05, 4.69) is 30.6 Å². The quantitative estimate of drug-likeness (QED) is 0.100. The third kappa shape index (κ3) is 12.2. The number of halogens is 4. The highest BCUT2D eigenvalue weighted by Gasteiger charge is 2.08. The van der Waals surface area contributed by atoms with Crippen LogP contribution in [-0.2, 0) is 0 Å². The zero-order chi connectivity index (χ0) is 32.6. The molecule has 0 bridgehead atoms. The van der Waals surface area contributed by atoms with Crippen LogP contribution in [0.3, 0.4) is 0 Å². The van der Waals surface area contributed by atoms with E-state index in [9.17, 15) is 17.6 Å². The molecule has 240 valence electrons. The molecule has 2 atom stereocenters. The average Bonchev–Trinajstić information content (AvgIpc) is 3.05. The number of hydrogen-bond donors (Lipinski definition) is 0. The van der Waals surface area contributed by atoms with Crippen molar-refractivity contribution in [3.05, 3.63) is 119 Å². The van der Waals surface area contributed by atoms with Gasteiger partial charge < -0.3 is 9.47 Å². The largest absolute Gasteiger partial charge is 0.493 e. The van der Waals surface area contributed by atoms with Crippen LogP contribution in [0.1, 0.15) is 81.4 Å². The Morgan fingerprint density at radius 3 is 1.83 bits per heavy atom. The first-order valence-corrected chi connectivity index (χ1v) is 16.0. The number of benzene rings is 3. The molecular formula is C40H40F4O2. The maximum absolute atomic E-state index is 14.4. The lowest BCUT2D eigenvalue weighted by atomic mass is 9.97.